The van der Waals surface area contributed by atoms with Crippen LogP contribution >= 0.6 is 13.4 Å². The number of ether oxygens (including phenoxy) is 2. The summed E-state index contributed by atoms with van der Waals surface area (Å²) in [5.41, 5.74) is 0.942. The van der Waals surface area contributed by atoms with Crippen LogP contribution < -0.4 is 5.56 Å². The predicted octanol–water partition coefficient (Wildman–Crippen LogP) is 0.0125. The average molecular weight is 693 g/mol. The third-order valence-electron chi connectivity index (χ3n) is 7.38. The van der Waals surface area contributed by atoms with Crippen LogP contribution in [0.3, 0.4) is 0 Å². The summed E-state index contributed by atoms with van der Waals surface area (Å²) in [5, 5.41) is 17.2. The van der Waals surface area contributed by atoms with E-state index in [0.29, 0.717) is 11.2 Å². The first-order valence-electron chi connectivity index (χ1n) is 12.9. The van der Waals surface area contributed by atoms with Crippen molar-refractivity contribution in [2.45, 2.75) is 56.1 Å². The summed E-state index contributed by atoms with van der Waals surface area (Å²) >= 11 is 10.4. The van der Waals surface area contributed by atoms with Gasteiger partial charge in [0.2, 0.25) is 0 Å². The number of rotatable bonds is 2. The van der Waals surface area contributed by atoms with Crippen LogP contribution in [0.15, 0.2) is 30.0 Å². The SMILES string of the molecule is Cc1ncnc2c1ncn2[C@@H]1O[C@@H]2COP(O)(=S)O[C@@H]3[C@H](O)[C@@H](COP(O)(=S)O[C@H]2[C@H]1F)O[C@H]3n1cnc2c(=O)[nH]ncc21. The average Bonchev–Trinajstić information content (AvgIpc) is 3.73. The quantitative estimate of drug-likeness (QED) is 0.203. The summed E-state index contributed by atoms with van der Waals surface area (Å²) in [6, 6.07) is 0. The highest BCUT2D eigenvalue weighted by atomic mass is 32.5. The molecular formula is C21H23FN8O10P2S2. The number of halogens is 1. The summed E-state index contributed by atoms with van der Waals surface area (Å²) in [5.74, 6) is 0. The summed E-state index contributed by atoms with van der Waals surface area (Å²) in [6.45, 7) is -7.82. The van der Waals surface area contributed by atoms with Crippen LogP contribution in [0.5, 0.6) is 0 Å². The fourth-order valence-corrected chi connectivity index (χ4v) is 8.16. The van der Waals surface area contributed by atoms with E-state index >= 15 is 4.39 Å². The van der Waals surface area contributed by atoms with Gasteiger partial charge in [-0.15, -0.1) is 0 Å². The highest BCUT2D eigenvalue weighted by molar-refractivity contribution is 8.07. The molecule has 7 heterocycles. The van der Waals surface area contributed by atoms with Crippen LogP contribution in [0.2, 0.25) is 0 Å². The lowest BCUT2D eigenvalue weighted by Crippen LogP contribution is -2.35. The van der Waals surface area contributed by atoms with E-state index in [-0.39, 0.29) is 16.7 Å². The molecule has 7 rings (SSSR count). The molecule has 4 N–H and O–H groups in total. The zero-order valence-corrected chi connectivity index (χ0v) is 25.7. The van der Waals surface area contributed by atoms with Crippen LogP contribution in [0, 0.1) is 6.92 Å². The molecule has 0 amide bonds. The summed E-state index contributed by atoms with van der Waals surface area (Å²) in [7, 11) is 0. The molecule has 18 nitrogen and oxygen atoms in total. The number of aryl methyl sites for hydroxylation is 1. The Morgan fingerprint density at radius 1 is 0.955 bits per heavy atom. The molecule has 3 aliphatic heterocycles. The lowest BCUT2D eigenvalue weighted by molar-refractivity contribution is -0.0601. The molecule has 0 radical (unpaired) electrons. The minimum absolute atomic E-state index is 0.0249. The van der Waals surface area contributed by atoms with Crippen LogP contribution in [0.4, 0.5) is 4.39 Å². The van der Waals surface area contributed by atoms with E-state index in [1.807, 2.05) is 0 Å². The van der Waals surface area contributed by atoms with Gasteiger partial charge in [0.15, 0.2) is 29.8 Å². The minimum Gasteiger partial charge on any atom is -0.387 e. The molecule has 23 heteroatoms. The predicted molar refractivity (Wildman–Crippen MR) is 152 cm³/mol. The number of alkyl halides is 1. The van der Waals surface area contributed by atoms with Crippen molar-refractivity contribution in [2.24, 2.45) is 0 Å². The molecule has 0 saturated carbocycles. The Labute approximate surface area is 255 Å². The Kier molecular flexibility index (Phi) is 7.77. The van der Waals surface area contributed by atoms with Crippen molar-refractivity contribution < 1.29 is 46.9 Å². The topological polar surface area (TPSA) is 223 Å². The summed E-state index contributed by atoms with van der Waals surface area (Å²) in [6.07, 6.45) is -6.31. The van der Waals surface area contributed by atoms with Crippen LogP contribution in [0.1, 0.15) is 18.1 Å². The number of hydrogen-bond donors (Lipinski definition) is 4. The van der Waals surface area contributed by atoms with E-state index in [1.54, 1.807) is 6.92 Å². The standard InChI is InChI=1S/C21H23FN8O10P2S2/c1-8-13-18(24-5-23-8)30(7-25-13)20-12(22)16-11(38-20)4-36-42(34,44)40-17-15(31)10(3-35-41(33,43)39-16)37-21(17)29-6-26-14-9(29)2-27-28-19(14)32/h2,5-7,10-12,15-17,20-21,31H,3-4H2,1H3,(H,28,32)(H,33,43)(H,34,44)/t10-,11-,12-,15-,16-,17-,20-,21-,41?,42?/m1/s1. The Bertz CT molecular complexity index is 1900. The van der Waals surface area contributed by atoms with Crippen LogP contribution in [-0.4, -0.2) is 104 Å². The van der Waals surface area contributed by atoms with Crippen molar-refractivity contribution in [1.29, 1.82) is 0 Å². The number of imidazole rings is 2. The van der Waals surface area contributed by atoms with E-state index < -0.39 is 81.4 Å². The summed E-state index contributed by atoms with van der Waals surface area (Å²) in [4.78, 5) is 50.7. The number of aliphatic hydroxyl groups is 1. The van der Waals surface area contributed by atoms with Crippen molar-refractivity contribution in [3.05, 3.63) is 41.2 Å². The number of nitrogens with one attached hydrogen (secondary N) is 1. The van der Waals surface area contributed by atoms with Gasteiger partial charge >= 0.3 is 13.4 Å². The molecule has 0 spiro atoms. The van der Waals surface area contributed by atoms with Gasteiger partial charge in [0.25, 0.3) is 5.56 Å². The Balaban J connectivity index is 1.20. The highest BCUT2D eigenvalue weighted by Crippen LogP contribution is 2.54. The number of aromatic amines is 1. The highest BCUT2D eigenvalue weighted by Gasteiger charge is 2.53. The number of H-pyrrole nitrogens is 1. The van der Waals surface area contributed by atoms with Crippen molar-refractivity contribution in [3.63, 3.8) is 0 Å². The molecule has 4 aromatic heterocycles. The molecule has 2 bridgehead atoms. The second-order valence-electron chi connectivity index (χ2n) is 10.1. The van der Waals surface area contributed by atoms with Gasteiger partial charge in [0.1, 0.15) is 42.4 Å². The number of hydrogen-bond acceptors (Lipinski definition) is 15. The van der Waals surface area contributed by atoms with E-state index in [0.717, 1.165) is 0 Å². The van der Waals surface area contributed by atoms with Crippen molar-refractivity contribution in [1.82, 2.24) is 39.3 Å². The maximum Gasteiger partial charge on any atom is 0.325 e. The van der Waals surface area contributed by atoms with E-state index in [1.165, 1.54) is 34.3 Å². The second-order valence-corrected chi connectivity index (χ2v) is 15.7. The van der Waals surface area contributed by atoms with E-state index in [4.69, 9.17) is 51.2 Å². The Morgan fingerprint density at radius 3 is 2.39 bits per heavy atom. The number of fused-ring (bicyclic) bond motifs is 5. The zero-order valence-electron chi connectivity index (χ0n) is 22.3. The first kappa shape index (κ1) is 30.4. The van der Waals surface area contributed by atoms with Gasteiger partial charge in [-0.25, -0.2) is 29.4 Å². The van der Waals surface area contributed by atoms with E-state index in [2.05, 4.69) is 30.1 Å². The molecule has 44 heavy (non-hydrogen) atoms. The fraction of sp³-hybridized carbons (Fsp3) is 0.524. The largest absolute Gasteiger partial charge is 0.387 e. The molecule has 4 aromatic rings. The Morgan fingerprint density at radius 2 is 1.61 bits per heavy atom. The lowest BCUT2D eigenvalue weighted by Gasteiger charge is -2.28. The van der Waals surface area contributed by atoms with Gasteiger partial charge in [-0.3, -0.25) is 23.0 Å². The molecule has 3 aliphatic rings. The Hall–Kier alpha value is -2.23. The van der Waals surface area contributed by atoms with Crippen molar-refractivity contribution in [3.8, 4) is 0 Å². The molecule has 2 unspecified atom stereocenters. The number of nitrogens with zero attached hydrogens (tertiary/aromatic N) is 7. The van der Waals surface area contributed by atoms with Gasteiger partial charge in [0.05, 0.1) is 43.3 Å². The van der Waals surface area contributed by atoms with E-state index in [9.17, 15) is 19.7 Å². The normalized spacial score (nSPS) is 38.3. The second kappa shape index (κ2) is 11.2. The first-order chi connectivity index (χ1) is 20.9. The molecule has 3 saturated heterocycles. The smallest absolute Gasteiger partial charge is 0.325 e. The molecule has 10 atom stereocenters. The van der Waals surface area contributed by atoms with Crippen LogP contribution in [-0.2, 0) is 51.2 Å². The third kappa shape index (κ3) is 5.34. The summed E-state index contributed by atoms with van der Waals surface area (Å²) < 4.78 is 53.0. The van der Waals surface area contributed by atoms with Gasteiger partial charge in [-0.2, -0.15) is 5.10 Å². The third-order valence-corrected chi connectivity index (χ3v) is 10.5. The minimum atomic E-state index is -4.21. The first-order valence-corrected chi connectivity index (χ1v) is 18.1. The fourth-order valence-electron chi connectivity index (χ4n) is 5.31. The number of aromatic nitrogens is 8. The van der Waals surface area contributed by atoms with Crippen molar-refractivity contribution >= 4 is 59.2 Å². The van der Waals surface area contributed by atoms with Gasteiger partial charge in [-0.1, -0.05) is 0 Å². The van der Waals surface area contributed by atoms with Crippen LogP contribution in [0.25, 0.3) is 22.2 Å². The maximum atomic E-state index is 16.0. The van der Waals surface area contributed by atoms with Crippen molar-refractivity contribution in [2.75, 3.05) is 13.2 Å². The van der Waals surface area contributed by atoms with Gasteiger partial charge in [0, 0.05) is 0 Å². The number of aliphatic hydroxyl groups excluding tert-OH is 1. The van der Waals surface area contributed by atoms with Gasteiger partial charge < -0.3 is 33.4 Å². The molecular weight excluding hydrogens is 669 g/mol. The molecule has 236 valence electrons. The molecule has 0 aromatic carbocycles. The lowest BCUT2D eigenvalue weighted by atomic mass is 10.1. The van der Waals surface area contributed by atoms with Gasteiger partial charge in [-0.05, 0) is 30.5 Å². The molecule has 3 fully saturated rings. The monoisotopic (exact) mass is 692 g/mol. The maximum absolute atomic E-state index is 16.0. The zero-order chi connectivity index (χ0) is 31.0. The molecule has 0 aliphatic carbocycles.